The van der Waals surface area contributed by atoms with Gasteiger partial charge in [0.1, 0.15) is 5.70 Å². The number of anilines is 1. The Balaban J connectivity index is 1.83. The van der Waals surface area contributed by atoms with Crippen molar-refractivity contribution >= 4 is 34.7 Å². The van der Waals surface area contributed by atoms with E-state index in [1.54, 1.807) is 36.4 Å². The Morgan fingerprint density at radius 2 is 1.42 bits per heavy atom. The molecule has 2 aromatic rings. The Morgan fingerprint density at radius 1 is 0.769 bits per heavy atom. The number of piperidine rings is 1. The van der Waals surface area contributed by atoms with Gasteiger partial charge in [0.2, 0.25) is 0 Å². The number of halogens is 1. The van der Waals surface area contributed by atoms with E-state index in [0.29, 0.717) is 22.0 Å². The van der Waals surface area contributed by atoms with Gasteiger partial charge in [0.15, 0.2) is 0 Å². The quantitative estimate of drug-likeness (QED) is 0.767. The molecule has 0 unspecified atom stereocenters. The zero-order valence-corrected chi connectivity index (χ0v) is 15.1. The molecule has 1 fully saturated rings. The van der Waals surface area contributed by atoms with Crippen LogP contribution in [0.15, 0.2) is 60.3 Å². The van der Waals surface area contributed by atoms with E-state index >= 15 is 0 Å². The lowest BCUT2D eigenvalue weighted by Crippen LogP contribution is -2.37. The van der Waals surface area contributed by atoms with E-state index in [0.717, 1.165) is 37.9 Å². The molecular formula is C21H19ClN2O2. The van der Waals surface area contributed by atoms with Crippen LogP contribution < -0.4 is 4.90 Å². The maximum Gasteiger partial charge on any atom is 0.282 e. The summed E-state index contributed by atoms with van der Waals surface area (Å²) in [4.78, 5) is 29.8. The number of amides is 2. The molecule has 1 saturated heterocycles. The van der Waals surface area contributed by atoms with Gasteiger partial charge in [-0.25, -0.2) is 4.90 Å². The van der Waals surface area contributed by atoms with E-state index in [9.17, 15) is 9.59 Å². The minimum absolute atomic E-state index is 0.243. The highest BCUT2D eigenvalue weighted by Crippen LogP contribution is 2.36. The normalized spacial score (nSPS) is 18.0. The number of rotatable bonds is 3. The molecule has 0 bridgehead atoms. The molecule has 0 spiro atoms. The number of likely N-dealkylation sites (tertiary alicyclic amines) is 1. The molecule has 2 aromatic carbocycles. The van der Waals surface area contributed by atoms with Crippen LogP contribution in [-0.2, 0) is 9.59 Å². The molecule has 4 nitrogen and oxygen atoms in total. The van der Waals surface area contributed by atoms with Gasteiger partial charge in [0, 0.05) is 18.1 Å². The van der Waals surface area contributed by atoms with E-state index in [2.05, 4.69) is 4.90 Å². The maximum atomic E-state index is 13.2. The highest BCUT2D eigenvalue weighted by atomic mass is 35.5. The van der Waals surface area contributed by atoms with Crippen LogP contribution in [0.5, 0.6) is 0 Å². The molecule has 0 atom stereocenters. The van der Waals surface area contributed by atoms with Crippen molar-refractivity contribution in [3.05, 3.63) is 70.9 Å². The smallest absolute Gasteiger partial charge is 0.282 e. The van der Waals surface area contributed by atoms with Crippen LogP contribution in [0.3, 0.4) is 0 Å². The predicted octanol–water partition coefficient (Wildman–Crippen LogP) is 4.11. The molecule has 2 amide bonds. The molecule has 4 rings (SSSR count). The number of hydrogen-bond donors (Lipinski definition) is 0. The van der Waals surface area contributed by atoms with Crippen molar-refractivity contribution in [2.24, 2.45) is 0 Å². The van der Waals surface area contributed by atoms with Crippen LogP contribution in [0.2, 0.25) is 5.02 Å². The minimum Gasteiger partial charge on any atom is -0.366 e. The molecular weight excluding hydrogens is 348 g/mol. The van der Waals surface area contributed by atoms with Crippen molar-refractivity contribution in [1.82, 2.24) is 4.90 Å². The Bertz CT molecular complexity index is 869. The molecule has 2 heterocycles. The van der Waals surface area contributed by atoms with Gasteiger partial charge in [-0.2, -0.15) is 0 Å². The van der Waals surface area contributed by atoms with Crippen LogP contribution in [0.25, 0.3) is 5.57 Å². The van der Waals surface area contributed by atoms with E-state index in [1.165, 1.54) is 4.90 Å². The van der Waals surface area contributed by atoms with Crippen molar-refractivity contribution < 1.29 is 9.59 Å². The fraction of sp³-hybridized carbons (Fsp3) is 0.238. The molecule has 2 aliphatic rings. The van der Waals surface area contributed by atoms with Crippen LogP contribution in [0, 0.1) is 0 Å². The fourth-order valence-electron chi connectivity index (χ4n) is 3.62. The van der Waals surface area contributed by atoms with Crippen molar-refractivity contribution in [2.45, 2.75) is 19.3 Å². The van der Waals surface area contributed by atoms with Gasteiger partial charge in [0.25, 0.3) is 11.8 Å². The third-order valence-corrected chi connectivity index (χ3v) is 5.13. The first-order chi connectivity index (χ1) is 12.7. The van der Waals surface area contributed by atoms with Crippen molar-refractivity contribution in [2.75, 3.05) is 18.0 Å². The molecule has 0 radical (unpaired) electrons. The van der Waals surface area contributed by atoms with Gasteiger partial charge in [-0.05, 0) is 49.1 Å². The van der Waals surface area contributed by atoms with Gasteiger partial charge in [0.05, 0.1) is 11.3 Å². The number of carbonyl (C=O) groups excluding carboxylic acids is 2. The molecule has 0 N–H and O–H groups in total. The van der Waals surface area contributed by atoms with Gasteiger partial charge < -0.3 is 4.90 Å². The Kier molecular flexibility index (Phi) is 4.51. The summed E-state index contributed by atoms with van der Waals surface area (Å²) >= 11 is 6.00. The second-order valence-electron chi connectivity index (χ2n) is 6.56. The average molecular weight is 367 g/mol. The summed E-state index contributed by atoms with van der Waals surface area (Å²) in [5.41, 5.74) is 2.31. The van der Waals surface area contributed by atoms with Gasteiger partial charge >= 0.3 is 0 Å². The van der Waals surface area contributed by atoms with E-state index in [-0.39, 0.29) is 11.8 Å². The van der Waals surface area contributed by atoms with E-state index in [1.807, 2.05) is 18.2 Å². The summed E-state index contributed by atoms with van der Waals surface area (Å²) in [6.45, 7) is 1.60. The topological polar surface area (TPSA) is 40.6 Å². The summed E-state index contributed by atoms with van der Waals surface area (Å²) in [5, 5.41) is 0.602. The molecule has 26 heavy (non-hydrogen) atoms. The van der Waals surface area contributed by atoms with Crippen LogP contribution >= 0.6 is 11.6 Å². The highest BCUT2D eigenvalue weighted by molar-refractivity contribution is 6.45. The predicted molar refractivity (Wildman–Crippen MR) is 103 cm³/mol. The summed E-state index contributed by atoms with van der Waals surface area (Å²) in [6, 6.07) is 16.2. The van der Waals surface area contributed by atoms with Crippen LogP contribution in [0.4, 0.5) is 5.69 Å². The van der Waals surface area contributed by atoms with E-state index < -0.39 is 0 Å². The number of carbonyl (C=O) groups is 2. The summed E-state index contributed by atoms with van der Waals surface area (Å²) in [7, 11) is 0. The Morgan fingerprint density at radius 3 is 2.08 bits per heavy atom. The minimum atomic E-state index is -0.274. The third-order valence-electron chi connectivity index (χ3n) is 4.88. The first kappa shape index (κ1) is 16.9. The lowest BCUT2D eigenvalue weighted by atomic mass is 10.0. The summed E-state index contributed by atoms with van der Waals surface area (Å²) < 4.78 is 0. The van der Waals surface area contributed by atoms with E-state index in [4.69, 9.17) is 11.6 Å². The first-order valence-corrected chi connectivity index (χ1v) is 9.23. The molecule has 132 valence electrons. The second kappa shape index (κ2) is 6.96. The third kappa shape index (κ3) is 2.90. The summed E-state index contributed by atoms with van der Waals surface area (Å²) in [6.07, 6.45) is 3.22. The molecule has 2 aliphatic heterocycles. The lowest BCUT2D eigenvalue weighted by Gasteiger charge is -2.29. The molecule has 0 saturated carbocycles. The number of para-hydroxylation sites is 1. The highest BCUT2D eigenvalue weighted by Gasteiger charge is 2.42. The Hall–Kier alpha value is -2.59. The standard InChI is InChI=1S/C21H19ClN2O2/c22-16-11-9-15(10-12-16)18-19(23-13-5-2-6-14-23)21(26)24(20(18)25)17-7-3-1-4-8-17/h1,3-4,7-12H,2,5-6,13-14H2. The lowest BCUT2D eigenvalue weighted by molar-refractivity contribution is -0.120. The van der Waals surface area contributed by atoms with Gasteiger partial charge in [-0.3, -0.25) is 9.59 Å². The SMILES string of the molecule is O=C1C(c2ccc(Cl)cc2)=C(N2CCCCC2)C(=O)N1c1ccccc1. The number of imide groups is 1. The number of hydrogen-bond acceptors (Lipinski definition) is 3. The zero-order chi connectivity index (χ0) is 18.1. The first-order valence-electron chi connectivity index (χ1n) is 8.86. The van der Waals surface area contributed by atoms with Gasteiger partial charge in [-0.15, -0.1) is 0 Å². The average Bonchev–Trinajstić information content (AvgIpc) is 2.94. The Labute approximate surface area is 157 Å². The fourth-order valence-corrected chi connectivity index (χ4v) is 3.74. The molecule has 0 aliphatic carbocycles. The molecule has 5 heteroatoms. The van der Waals surface area contributed by atoms with Crippen LogP contribution in [0.1, 0.15) is 24.8 Å². The van der Waals surface area contributed by atoms with Crippen LogP contribution in [-0.4, -0.2) is 29.8 Å². The van der Waals surface area contributed by atoms with Gasteiger partial charge in [-0.1, -0.05) is 41.9 Å². The molecule has 0 aromatic heterocycles. The zero-order valence-electron chi connectivity index (χ0n) is 14.3. The summed E-state index contributed by atoms with van der Waals surface area (Å²) in [5.74, 6) is -0.517. The van der Waals surface area contributed by atoms with Crippen molar-refractivity contribution in [3.8, 4) is 0 Å². The number of nitrogens with zero attached hydrogens (tertiary/aromatic N) is 2. The van der Waals surface area contributed by atoms with Crippen molar-refractivity contribution in [1.29, 1.82) is 0 Å². The maximum absolute atomic E-state index is 13.2. The second-order valence-corrected chi connectivity index (χ2v) is 7.00. The van der Waals surface area contributed by atoms with Crippen molar-refractivity contribution in [3.63, 3.8) is 0 Å². The monoisotopic (exact) mass is 366 g/mol. The largest absolute Gasteiger partial charge is 0.366 e. The number of benzene rings is 2.